The van der Waals surface area contributed by atoms with Crippen molar-refractivity contribution in [2.45, 2.75) is 26.7 Å². The highest BCUT2D eigenvalue weighted by molar-refractivity contribution is 7.45. The van der Waals surface area contributed by atoms with Gasteiger partial charge in [0, 0.05) is 0 Å². The van der Waals surface area contributed by atoms with Gasteiger partial charge in [-0.3, -0.25) is 0 Å². The molecule has 0 fully saturated rings. The van der Waals surface area contributed by atoms with E-state index < -0.39 is 7.82 Å². The Morgan fingerprint density at radius 3 is 1.09 bits per heavy atom. The van der Waals surface area contributed by atoms with Gasteiger partial charge in [-0.15, -0.1) is 24.8 Å². The Hall–Kier alpha value is 0.690. The maximum atomic E-state index is 8.88. The van der Waals surface area contributed by atoms with Gasteiger partial charge < -0.3 is 14.7 Å². The Morgan fingerprint density at radius 2 is 1.09 bits per heavy atom. The predicted molar refractivity (Wildman–Crippen MR) is 49.3 cm³/mol. The molecule has 74 valence electrons. The summed E-state index contributed by atoms with van der Waals surface area (Å²) in [6.45, 7) is 4.36. The van der Waals surface area contributed by atoms with Crippen molar-refractivity contribution in [1.82, 2.24) is 0 Å². The highest BCUT2D eigenvalue weighted by atomic mass is 35.5. The number of hydrogen-bond acceptors (Lipinski definition) is 1. The first-order valence-electron chi connectivity index (χ1n) is 2.70. The molecule has 0 spiro atoms. The molecule has 0 aliphatic carbocycles. The molecule has 11 heavy (non-hydrogen) atoms. The van der Waals surface area contributed by atoms with Crippen LogP contribution >= 0.6 is 32.6 Å². The summed E-state index contributed by atoms with van der Waals surface area (Å²) in [7, 11) is -4.64. The van der Waals surface area contributed by atoms with Crippen molar-refractivity contribution >= 4 is 32.6 Å². The first-order valence-corrected chi connectivity index (χ1v) is 4.26. The van der Waals surface area contributed by atoms with E-state index in [-0.39, 0.29) is 24.8 Å². The Labute approximate surface area is 79.1 Å². The minimum absolute atomic E-state index is 0. The van der Waals surface area contributed by atoms with Crippen LogP contribution in [0.1, 0.15) is 26.7 Å². The summed E-state index contributed by atoms with van der Waals surface area (Å²) in [5.74, 6) is 0. The molecule has 0 amide bonds. The van der Waals surface area contributed by atoms with Crippen molar-refractivity contribution < 1.29 is 19.2 Å². The average molecular weight is 229 g/mol. The van der Waals surface area contributed by atoms with Crippen molar-refractivity contribution in [2.75, 3.05) is 0 Å². The van der Waals surface area contributed by atoms with Gasteiger partial charge in [0.05, 0.1) is 0 Å². The van der Waals surface area contributed by atoms with Gasteiger partial charge in [-0.05, 0) is 0 Å². The number of unbranched alkanes of at least 4 members (excludes halogenated alkanes) is 1. The summed E-state index contributed by atoms with van der Waals surface area (Å²) >= 11 is 0. The second kappa shape index (κ2) is 13.3. The van der Waals surface area contributed by atoms with E-state index in [1.165, 1.54) is 12.8 Å². The minimum atomic E-state index is -4.64. The van der Waals surface area contributed by atoms with Crippen LogP contribution in [-0.2, 0) is 4.57 Å². The third-order valence-electron chi connectivity index (χ3n) is 0.500. The maximum Gasteiger partial charge on any atom is 0.466 e. The summed E-state index contributed by atoms with van der Waals surface area (Å²) in [5, 5.41) is 0. The lowest BCUT2D eigenvalue weighted by Crippen LogP contribution is -1.66. The zero-order valence-electron chi connectivity index (χ0n) is 6.43. The fourth-order valence-electron chi connectivity index (χ4n) is 0. The van der Waals surface area contributed by atoms with Crippen molar-refractivity contribution in [3.63, 3.8) is 0 Å². The van der Waals surface area contributed by atoms with Crippen LogP contribution in [0.5, 0.6) is 0 Å². The lowest BCUT2D eigenvalue weighted by molar-refractivity contribution is 0.275. The molecule has 0 aromatic heterocycles. The van der Waals surface area contributed by atoms with Gasteiger partial charge in [-0.25, -0.2) is 4.57 Å². The van der Waals surface area contributed by atoms with Gasteiger partial charge in [0.15, 0.2) is 0 Å². The van der Waals surface area contributed by atoms with Crippen molar-refractivity contribution in [2.24, 2.45) is 0 Å². The van der Waals surface area contributed by atoms with Crippen molar-refractivity contribution in [3.8, 4) is 0 Å². The normalized spacial score (nSPS) is 8.09. The molecule has 0 rings (SSSR count). The molecule has 0 bridgehead atoms. The predicted octanol–water partition coefficient (Wildman–Crippen LogP) is 1.72. The van der Waals surface area contributed by atoms with Crippen LogP contribution < -0.4 is 0 Å². The van der Waals surface area contributed by atoms with E-state index in [1.54, 1.807) is 0 Å². The molecule has 0 aromatic carbocycles. The largest absolute Gasteiger partial charge is 0.466 e. The van der Waals surface area contributed by atoms with Gasteiger partial charge in [-0.1, -0.05) is 26.7 Å². The van der Waals surface area contributed by atoms with Crippen LogP contribution in [0.4, 0.5) is 0 Å². The average Bonchev–Trinajstić information content (AvgIpc) is 1.61. The Balaban J connectivity index is -0.0000000383. The quantitative estimate of drug-likeness (QED) is 0.598. The number of halogens is 2. The summed E-state index contributed by atoms with van der Waals surface area (Å²) < 4.78 is 8.88. The van der Waals surface area contributed by atoms with E-state index in [0.29, 0.717) is 0 Å². The first-order chi connectivity index (χ1) is 3.91. The molecule has 3 N–H and O–H groups in total. The minimum Gasteiger partial charge on any atom is -0.303 e. The van der Waals surface area contributed by atoms with Crippen LogP contribution in [0.25, 0.3) is 0 Å². The molecule has 0 saturated carbocycles. The van der Waals surface area contributed by atoms with Crippen molar-refractivity contribution in [3.05, 3.63) is 0 Å². The van der Waals surface area contributed by atoms with E-state index in [4.69, 9.17) is 19.2 Å². The fraction of sp³-hybridized carbons (Fsp3) is 1.00. The van der Waals surface area contributed by atoms with Gasteiger partial charge in [-0.2, -0.15) is 0 Å². The Kier molecular flexibility index (Phi) is 27.3. The second-order valence-corrected chi connectivity index (χ2v) is 2.54. The maximum absolute atomic E-state index is 8.88. The number of phosphoric acid groups is 1. The molecular weight excluding hydrogens is 214 g/mol. The Bertz CT molecular complexity index is 83.8. The molecule has 0 saturated heterocycles. The first kappa shape index (κ1) is 22.6. The zero-order chi connectivity index (χ0) is 7.91. The highest BCUT2D eigenvalue weighted by Gasteiger charge is 2.00. The standard InChI is InChI=1S/C4H10.2ClH.H3O4P/c1-3-4-2;;;1-5(2,3)4/h3-4H2,1-2H3;2*1H;(H3,1,2,3,4). The molecule has 7 heteroatoms. The molecule has 0 radical (unpaired) electrons. The van der Waals surface area contributed by atoms with Crippen LogP contribution in [0.2, 0.25) is 0 Å². The second-order valence-electron chi connectivity index (χ2n) is 1.51. The van der Waals surface area contributed by atoms with Gasteiger partial charge >= 0.3 is 7.82 Å². The van der Waals surface area contributed by atoms with E-state index in [0.717, 1.165) is 0 Å². The topological polar surface area (TPSA) is 77.8 Å². The number of hydrogen-bond donors (Lipinski definition) is 3. The third kappa shape index (κ3) is 283. The van der Waals surface area contributed by atoms with E-state index >= 15 is 0 Å². The summed E-state index contributed by atoms with van der Waals surface area (Å²) in [5.41, 5.74) is 0. The van der Waals surface area contributed by atoms with Crippen LogP contribution in [-0.4, -0.2) is 14.7 Å². The van der Waals surface area contributed by atoms with Crippen LogP contribution in [0.3, 0.4) is 0 Å². The molecular formula is C4H15Cl2O4P. The molecule has 4 nitrogen and oxygen atoms in total. The van der Waals surface area contributed by atoms with Gasteiger partial charge in [0.25, 0.3) is 0 Å². The monoisotopic (exact) mass is 228 g/mol. The van der Waals surface area contributed by atoms with Crippen LogP contribution in [0, 0.1) is 0 Å². The summed E-state index contributed by atoms with van der Waals surface area (Å²) in [6.07, 6.45) is 2.64. The molecule has 0 aliphatic heterocycles. The van der Waals surface area contributed by atoms with E-state index in [9.17, 15) is 0 Å². The summed E-state index contributed by atoms with van der Waals surface area (Å²) in [6, 6.07) is 0. The lowest BCUT2D eigenvalue weighted by Gasteiger charge is -1.82. The molecule has 0 aromatic rings. The van der Waals surface area contributed by atoms with E-state index in [2.05, 4.69) is 13.8 Å². The zero-order valence-corrected chi connectivity index (χ0v) is 8.96. The Morgan fingerprint density at radius 1 is 1.00 bits per heavy atom. The highest BCUT2D eigenvalue weighted by Crippen LogP contribution is 2.25. The molecule has 0 unspecified atom stereocenters. The fourth-order valence-corrected chi connectivity index (χ4v) is 0. The smallest absolute Gasteiger partial charge is 0.303 e. The van der Waals surface area contributed by atoms with E-state index in [1.807, 2.05) is 0 Å². The molecule has 0 heterocycles. The van der Waals surface area contributed by atoms with Crippen molar-refractivity contribution in [1.29, 1.82) is 0 Å². The summed E-state index contributed by atoms with van der Waals surface area (Å²) in [4.78, 5) is 21.6. The SMILES string of the molecule is CCCC.Cl.Cl.O=P(O)(O)O. The third-order valence-corrected chi connectivity index (χ3v) is 0.500. The van der Waals surface area contributed by atoms with Gasteiger partial charge in [0.1, 0.15) is 0 Å². The lowest BCUT2D eigenvalue weighted by atomic mass is 10.4. The van der Waals surface area contributed by atoms with Crippen LogP contribution in [0.15, 0.2) is 0 Å². The van der Waals surface area contributed by atoms with Gasteiger partial charge in [0.2, 0.25) is 0 Å². The molecule has 0 atom stereocenters. The molecule has 0 aliphatic rings. The number of rotatable bonds is 1.